The molecule has 0 fully saturated rings. The van der Waals surface area contributed by atoms with Gasteiger partial charge in [-0.15, -0.1) is 11.3 Å². The van der Waals surface area contributed by atoms with Crippen molar-refractivity contribution in [1.29, 1.82) is 0 Å². The van der Waals surface area contributed by atoms with E-state index in [2.05, 4.69) is 4.98 Å². The van der Waals surface area contributed by atoms with Gasteiger partial charge in [0.15, 0.2) is 0 Å². The molecule has 0 spiro atoms. The van der Waals surface area contributed by atoms with Crippen molar-refractivity contribution < 1.29 is 18.3 Å². The fourth-order valence-electron chi connectivity index (χ4n) is 1.69. The van der Waals surface area contributed by atoms with Gasteiger partial charge in [0.25, 0.3) is 0 Å². The van der Waals surface area contributed by atoms with Crippen LogP contribution < -0.4 is 0 Å². The number of aliphatic hydroxyl groups is 1. The summed E-state index contributed by atoms with van der Waals surface area (Å²) >= 11 is 0.971. The Balaban J connectivity index is 2.00. The molecule has 0 saturated heterocycles. The van der Waals surface area contributed by atoms with Crippen LogP contribution in [0.25, 0.3) is 0 Å². The minimum Gasteiger partial charge on any atom is -0.388 e. The molecule has 1 aromatic heterocycles. The van der Waals surface area contributed by atoms with E-state index in [0.29, 0.717) is 5.69 Å². The summed E-state index contributed by atoms with van der Waals surface area (Å²) < 4.78 is 36.6. The molecule has 1 heterocycles. The van der Waals surface area contributed by atoms with Gasteiger partial charge in [0.1, 0.15) is 5.01 Å². The average Bonchev–Trinajstić information content (AvgIpc) is 2.75. The normalized spacial score (nSPS) is 13.5. The molecular formula is C13H12F3NOS. The summed E-state index contributed by atoms with van der Waals surface area (Å²) in [6.45, 7) is 0. The van der Waals surface area contributed by atoms with Crippen LogP contribution in [0.4, 0.5) is 13.2 Å². The monoisotopic (exact) mass is 287 g/mol. The van der Waals surface area contributed by atoms with Crippen molar-refractivity contribution in [3.63, 3.8) is 0 Å². The molecule has 0 bridgehead atoms. The van der Waals surface area contributed by atoms with E-state index in [1.807, 2.05) is 6.07 Å². The highest BCUT2D eigenvalue weighted by Crippen LogP contribution is 2.25. The van der Waals surface area contributed by atoms with Crippen molar-refractivity contribution in [3.8, 4) is 0 Å². The number of halogens is 3. The molecule has 19 heavy (non-hydrogen) atoms. The maximum Gasteiger partial charge on any atom is 0.395 e. The van der Waals surface area contributed by atoms with E-state index in [9.17, 15) is 18.3 Å². The van der Waals surface area contributed by atoms with Crippen LogP contribution in [0.15, 0.2) is 35.7 Å². The van der Waals surface area contributed by atoms with E-state index in [1.54, 1.807) is 29.6 Å². The minimum absolute atomic E-state index is 0.0303. The van der Waals surface area contributed by atoms with Crippen molar-refractivity contribution >= 4 is 11.3 Å². The van der Waals surface area contributed by atoms with Gasteiger partial charge >= 0.3 is 6.18 Å². The fourth-order valence-corrected chi connectivity index (χ4v) is 2.52. The van der Waals surface area contributed by atoms with Crippen LogP contribution in [-0.2, 0) is 12.8 Å². The third-order valence-corrected chi connectivity index (χ3v) is 3.44. The fraction of sp³-hybridized carbons (Fsp3) is 0.308. The number of hydrogen-bond donors (Lipinski definition) is 1. The smallest absolute Gasteiger partial charge is 0.388 e. The van der Waals surface area contributed by atoms with Crippen molar-refractivity contribution in [2.24, 2.45) is 0 Å². The predicted molar refractivity (Wildman–Crippen MR) is 67.0 cm³/mol. The van der Waals surface area contributed by atoms with E-state index < -0.39 is 18.7 Å². The number of nitrogens with zero attached hydrogens (tertiary/aromatic N) is 1. The lowest BCUT2D eigenvalue weighted by Gasteiger charge is -2.08. The third-order valence-electron chi connectivity index (χ3n) is 2.54. The zero-order chi connectivity index (χ0) is 13.9. The Kier molecular flexibility index (Phi) is 4.21. The molecule has 1 unspecified atom stereocenters. The van der Waals surface area contributed by atoms with Gasteiger partial charge in [0.05, 0.1) is 18.2 Å². The lowest BCUT2D eigenvalue weighted by molar-refractivity contribution is -0.127. The Morgan fingerprint density at radius 2 is 1.89 bits per heavy atom. The Bertz CT molecular complexity index is 524. The summed E-state index contributed by atoms with van der Waals surface area (Å²) in [5.74, 6) is 0. The summed E-state index contributed by atoms with van der Waals surface area (Å²) in [6, 6.07) is 8.98. The molecule has 0 radical (unpaired) electrons. The first kappa shape index (κ1) is 14.0. The molecule has 0 aliphatic heterocycles. The summed E-state index contributed by atoms with van der Waals surface area (Å²) in [7, 11) is 0. The number of thiazole rings is 1. The van der Waals surface area contributed by atoms with Crippen molar-refractivity contribution in [2.75, 3.05) is 0 Å². The van der Waals surface area contributed by atoms with Gasteiger partial charge in [-0.3, -0.25) is 0 Å². The zero-order valence-electron chi connectivity index (χ0n) is 9.89. The Morgan fingerprint density at radius 1 is 1.21 bits per heavy atom. The average molecular weight is 287 g/mol. The predicted octanol–water partition coefficient (Wildman–Crippen LogP) is 3.52. The highest BCUT2D eigenvalue weighted by molar-refractivity contribution is 7.09. The van der Waals surface area contributed by atoms with Crippen LogP contribution in [-0.4, -0.2) is 16.3 Å². The Labute approximate surface area is 112 Å². The molecule has 102 valence electrons. The molecule has 1 N–H and O–H groups in total. The molecule has 0 aliphatic rings. The third kappa shape index (κ3) is 4.33. The number of alkyl halides is 3. The van der Waals surface area contributed by atoms with E-state index in [-0.39, 0.29) is 11.4 Å². The first-order chi connectivity index (χ1) is 8.94. The maximum atomic E-state index is 12.2. The van der Waals surface area contributed by atoms with Crippen LogP contribution in [0.3, 0.4) is 0 Å². The highest BCUT2D eigenvalue weighted by Gasteiger charge is 2.29. The minimum atomic E-state index is -4.24. The van der Waals surface area contributed by atoms with Gasteiger partial charge < -0.3 is 5.11 Å². The lowest BCUT2D eigenvalue weighted by Crippen LogP contribution is -2.11. The van der Waals surface area contributed by atoms with Gasteiger partial charge in [-0.25, -0.2) is 4.98 Å². The zero-order valence-corrected chi connectivity index (χ0v) is 10.7. The van der Waals surface area contributed by atoms with E-state index in [1.165, 1.54) is 0 Å². The molecule has 6 heteroatoms. The second kappa shape index (κ2) is 5.71. The first-order valence-electron chi connectivity index (χ1n) is 5.67. The SMILES string of the molecule is OC(Cc1csc(CC(F)(F)F)n1)c1ccccc1. The van der Waals surface area contributed by atoms with Gasteiger partial charge in [0.2, 0.25) is 0 Å². The largest absolute Gasteiger partial charge is 0.395 e. The van der Waals surface area contributed by atoms with Gasteiger partial charge in [-0.05, 0) is 5.56 Å². The van der Waals surface area contributed by atoms with Crippen LogP contribution in [0.1, 0.15) is 22.4 Å². The number of benzene rings is 1. The van der Waals surface area contributed by atoms with Gasteiger partial charge in [-0.1, -0.05) is 30.3 Å². The summed E-state index contributed by atoms with van der Waals surface area (Å²) in [6.07, 6.45) is -5.79. The molecule has 1 atom stereocenters. The van der Waals surface area contributed by atoms with E-state index in [0.717, 1.165) is 16.9 Å². The lowest BCUT2D eigenvalue weighted by atomic mass is 10.1. The number of aromatic nitrogens is 1. The van der Waals surface area contributed by atoms with Crippen LogP contribution in [0, 0.1) is 0 Å². The van der Waals surface area contributed by atoms with Crippen LogP contribution >= 0.6 is 11.3 Å². The quantitative estimate of drug-likeness (QED) is 0.933. The maximum absolute atomic E-state index is 12.2. The standard InChI is InChI=1S/C13H12F3NOS/c14-13(15,16)7-12-17-10(8-19-12)6-11(18)9-4-2-1-3-5-9/h1-5,8,11,18H,6-7H2. The Hall–Kier alpha value is -1.40. The van der Waals surface area contributed by atoms with Crippen molar-refractivity contribution in [1.82, 2.24) is 4.98 Å². The van der Waals surface area contributed by atoms with E-state index >= 15 is 0 Å². The highest BCUT2D eigenvalue weighted by atomic mass is 32.1. The molecule has 2 rings (SSSR count). The van der Waals surface area contributed by atoms with E-state index in [4.69, 9.17) is 0 Å². The van der Waals surface area contributed by atoms with Gasteiger partial charge in [-0.2, -0.15) is 13.2 Å². The molecule has 2 aromatic rings. The second-order valence-corrected chi connectivity index (χ2v) is 5.10. The van der Waals surface area contributed by atoms with Crippen LogP contribution in [0.2, 0.25) is 0 Å². The summed E-state index contributed by atoms with van der Waals surface area (Å²) in [5.41, 5.74) is 1.22. The topological polar surface area (TPSA) is 33.1 Å². The number of rotatable bonds is 4. The Morgan fingerprint density at radius 3 is 2.53 bits per heavy atom. The van der Waals surface area contributed by atoms with Crippen molar-refractivity contribution in [3.05, 3.63) is 52.0 Å². The molecule has 2 nitrogen and oxygen atoms in total. The first-order valence-corrected chi connectivity index (χ1v) is 6.55. The van der Waals surface area contributed by atoms with Gasteiger partial charge in [0, 0.05) is 11.8 Å². The molecular weight excluding hydrogens is 275 g/mol. The summed E-state index contributed by atoms with van der Waals surface area (Å²) in [5, 5.41) is 11.6. The van der Waals surface area contributed by atoms with Crippen LogP contribution in [0.5, 0.6) is 0 Å². The number of aliphatic hydroxyl groups excluding tert-OH is 1. The number of hydrogen-bond acceptors (Lipinski definition) is 3. The molecule has 0 aliphatic carbocycles. The van der Waals surface area contributed by atoms with Crippen molar-refractivity contribution in [2.45, 2.75) is 25.1 Å². The molecule has 1 aromatic carbocycles. The molecule has 0 amide bonds. The summed E-state index contributed by atoms with van der Waals surface area (Å²) in [4.78, 5) is 3.90. The molecule has 0 saturated carbocycles. The second-order valence-electron chi connectivity index (χ2n) is 4.16.